The lowest BCUT2D eigenvalue weighted by Gasteiger charge is -2.41. The Kier molecular flexibility index (Phi) is 4.81. The molecule has 0 aliphatic carbocycles. The zero-order valence-electron chi connectivity index (χ0n) is 13.9. The highest BCUT2D eigenvalue weighted by Gasteiger charge is 2.42. The number of fused-ring (bicyclic) bond motifs is 2. The number of carbonyl (C=O) groups is 2. The molecule has 0 spiro atoms. The minimum atomic E-state index is -0.221. The van der Waals surface area contributed by atoms with Crippen LogP contribution in [0.4, 0.5) is 0 Å². The summed E-state index contributed by atoms with van der Waals surface area (Å²) in [5, 5.41) is 0. The van der Waals surface area contributed by atoms with Gasteiger partial charge in [0, 0.05) is 36.5 Å². The average molecular weight is 315 g/mol. The first-order valence-corrected chi connectivity index (χ1v) is 8.58. The summed E-state index contributed by atoms with van der Waals surface area (Å²) < 4.78 is 5.72. The van der Waals surface area contributed by atoms with Gasteiger partial charge in [0.1, 0.15) is 12.4 Å². The number of benzene rings is 1. The molecule has 23 heavy (non-hydrogen) atoms. The van der Waals surface area contributed by atoms with Crippen LogP contribution in [0, 0.1) is 0 Å². The van der Waals surface area contributed by atoms with Crippen LogP contribution in [-0.2, 0) is 16.0 Å². The number of rotatable bonds is 5. The third kappa shape index (κ3) is 3.47. The Labute approximate surface area is 137 Å². The summed E-state index contributed by atoms with van der Waals surface area (Å²) in [5.74, 6) is -0.221. The molecule has 2 bridgehead atoms. The molecule has 2 aliphatic rings. The quantitative estimate of drug-likeness (QED) is 0.619. The van der Waals surface area contributed by atoms with E-state index in [-0.39, 0.29) is 18.5 Å². The van der Waals surface area contributed by atoms with Crippen LogP contribution >= 0.6 is 0 Å². The fourth-order valence-electron chi connectivity index (χ4n) is 4.30. The zero-order chi connectivity index (χ0) is 16.4. The standard InChI is InChI=1S/C19H25NO3/c1-13(2)20-16-7-8-17(20)11-18(10-16)23-19(22)9-14-5-3-4-6-15(14)12-21/h3-6,12-13,16-18H,7-11H2,1-2H3/t16-,17+,18?. The lowest BCUT2D eigenvalue weighted by molar-refractivity contribution is -0.152. The van der Waals surface area contributed by atoms with E-state index < -0.39 is 0 Å². The number of aldehydes is 1. The molecule has 0 aromatic heterocycles. The van der Waals surface area contributed by atoms with Gasteiger partial charge in [-0.25, -0.2) is 0 Å². The van der Waals surface area contributed by atoms with Gasteiger partial charge in [0.2, 0.25) is 0 Å². The molecule has 2 heterocycles. The Balaban J connectivity index is 1.58. The number of ether oxygens (including phenoxy) is 1. The van der Waals surface area contributed by atoms with Gasteiger partial charge in [-0.1, -0.05) is 24.3 Å². The number of hydrogen-bond acceptors (Lipinski definition) is 4. The van der Waals surface area contributed by atoms with Gasteiger partial charge in [-0.05, 0) is 32.3 Å². The summed E-state index contributed by atoms with van der Waals surface area (Å²) in [6, 6.07) is 8.85. The molecule has 4 heteroatoms. The molecule has 3 rings (SSSR count). The smallest absolute Gasteiger partial charge is 0.310 e. The van der Waals surface area contributed by atoms with Crippen molar-refractivity contribution in [2.75, 3.05) is 0 Å². The lowest BCUT2D eigenvalue weighted by atomic mass is 9.98. The molecule has 1 aromatic rings. The summed E-state index contributed by atoms with van der Waals surface area (Å²) in [6.07, 6.45) is 5.30. The van der Waals surface area contributed by atoms with Gasteiger partial charge in [-0.2, -0.15) is 0 Å². The zero-order valence-corrected chi connectivity index (χ0v) is 13.9. The molecule has 0 radical (unpaired) electrons. The molecule has 0 amide bonds. The van der Waals surface area contributed by atoms with Crippen LogP contribution in [0.5, 0.6) is 0 Å². The largest absolute Gasteiger partial charge is 0.462 e. The van der Waals surface area contributed by atoms with Crippen molar-refractivity contribution in [3.8, 4) is 0 Å². The molecule has 2 fully saturated rings. The molecule has 3 atom stereocenters. The number of esters is 1. The van der Waals surface area contributed by atoms with Crippen molar-refractivity contribution < 1.29 is 14.3 Å². The molecule has 4 nitrogen and oxygen atoms in total. The van der Waals surface area contributed by atoms with E-state index >= 15 is 0 Å². The van der Waals surface area contributed by atoms with Crippen molar-refractivity contribution >= 4 is 12.3 Å². The van der Waals surface area contributed by atoms with E-state index in [1.165, 1.54) is 12.8 Å². The SMILES string of the molecule is CC(C)N1[C@@H]2CC[C@H]1CC(OC(=O)Cc1ccccc1C=O)C2. The Hall–Kier alpha value is -1.68. The Morgan fingerprint density at radius 2 is 1.91 bits per heavy atom. The molecule has 2 saturated heterocycles. The van der Waals surface area contributed by atoms with E-state index in [0.29, 0.717) is 23.7 Å². The van der Waals surface area contributed by atoms with Crippen molar-refractivity contribution in [2.24, 2.45) is 0 Å². The predicted molar refractivity (Wildman–Crippen MR) is 88.4 cm³/mol. The topological polar surface area (TPSA) is 46.6 Å². The van der Waals surface area contributed by atoms with Gasteiger partial charge >= 0.3 is 5.97 Å². The number of carbonyl (C=O) groups excluding carboxylic acids is 2. The minimum Gasteiger partial charge on any atom is -0.462 e. The highest BCUT2D eigenvalue weighted by Crippen LogP contribution is 2.38. The molecule has 0 saturated carbocycles. The second-order valence-electron chi connectivity index (χ2n) is 7.00. The minimum absolute atomic E-state index is 0.0263. The first-order chi connectivity index (χ1) is 11.1. The number of hydrogen-bond donors (Lipinski definition) is 0. The van der Waals surface area contributed by atoms with Gasteiger partial charge < -0.3 is 4.74 Å². The second kappa shape index (κ2) is 6.83. The van der Waals surface area contributed by atoms with E-state index in [4.69, 9.17) is 4.74 Å². The van der Waals surface area contributed by atoms with Crippen molar-refractivity contribution in [3.05, 3.63) is 35.4 Å². The van der Waals surface area contributed by atoms with Gasteiger partial charge in [0.15, 0.2) is 0 Å². The van der Waals surface area contributed by atoms with Gasteiger partial charge in [0.05, 0.1) is 6.42 Å². The van der Waals surface area contributed by atoms with Gasteiger partial charge in [-0.15, -0.1) is 0 Å². The summed E-state index contributed by atoms with van der Waals surface area (Å²) in [7, 11) is 0. The van der Waals surface area contributed by atoms with Crippen molar-refractivity contribution in [1.29, 1.82) is 0 Å². The fraction of sp³-hybridized carbons (Fsp3) is 0.579. The summed E-state index contributed by atoms with van der Waals surface area (Å²) >= 11 is 0. The normalized spacial score (nSPS) is 27.2. The Morgan fingerprint density at radius 1 is 1.26 bits per heavy atom. The predicted octanol–water partition coefficient (Wildman–Crippen LogP) is 2.99. The van der Waals surface area contributed by atoms with Crippen LogP contribution in [0.2, 0.25) is 0 Å². The first-order valence-electron chi connectivity index (χ1n) is 8.58. The van der Waals surface area contributed by atoms with Crippen LogP contribution in [0.1, 0.15) is 55.5 Å². The molecule has 0 N–H and O–H groups in total. The van der Waals surface area contributed by atoms with Crippen LogP contribution < -0.4 is 0 Å². The van der Waals surface area contributed by atoms with Crippen LogP contribution in [-0.4, -0.2) is 41.4 Å². The molecule has 124 valence electrons. The van der Waals surface area contributed by atoms with Crippen LogP contribution in [0.3, 0.4) is 0 Å². The summed E-state index contributed by atoms with van der Waals surface area (Å²) in [6.45, 7) is 4.49. The first kappa shape index (κ1) is 16.2. The molecular formula is C19H25NO3. The summed E-state index contributed by atoms with van der Waals surface area (Å²) in [4.78, 5) is 25.9. The third-order valence-corrected chi connectivity index (χ3v) is 5.16. The van der Waals surface area contributed by atoms with Gasteiger partial charge in [0.25, 0.3) is 0 Å². The van der Waals surface area contributed by atoms with Crippen LogP contribution in [0.25, 0.3) is 0 Å². The highest BCUT2D eigenvalue weighted by molar-refractivity contribution is 5.81. The van der Waals surface area contributed by atoms with Crippen molar-refractivity contribution in [3.63, 3.8) is 0 Å². The van der Waals surface area contributed by atoms with E-state index in [1.54, 1.807) is 12.1 Å². The van der Waals surface area contributed by atoms with Crippen molar-refractivity contribution in [1.82, 2.24) is 4.90 Å². The van der Waals surface area contributed by atoms with E-state index in [9.17, 15) is 9.59 Å². The summed E-state index contributed by atoms with van der Waals surface area (Å²) in [5.41, 5.74) is 1.31. The van der Waals surface area contributed by atoms with E-state index in [0.717, 1.165) is 24.7 Å². The van der Waals surface area contributed by atoms with E-state index in [1.807, 2.05) is 12.1 Å². The lowest BCUT2D eigenvalue weighted by Crippen LogP contribution is -2.49. The maximum Gasteiger partial charge on any atom is 0.310 e. The molecule has 1 aromatic carbocycles. The highest BCUT2D eigenvalue weighted by atomic mass is 16.5. The Bertz CT molecular complexity index is 570. The van der Waals surface area contributed by atoms with Crippen LogP contribution in [0.15, 0.2) is 24.3 Å². The fourth-order valence-corrected chi connectivity index (χ4v) is 4.30. The maximum atomic E-state index is 12.2. The number of piperidine rings is 1. The van der Waals surface area contributed by atoms with E-state index in [2.05, 4.69) is 18.7 Å². The molecule has 2 aliphatic heterocycles. The van der Waals surface area contributed by atoms with Gasteiger partial charge in [-0.3, -0.25) is 14.5 Å². The molecule has 1 unspecified atom stereocenters. The average Bonchev–Trinajstić information content (AvgIpc) is 2.80. The monoisotopic (exact) mass is 315 g/mol. The molecular weight excluding hydrogens is 290 g/mol. The number of nitrogens with zero attached hydrogens (tertiary/aromatic N) is 1. The second-order valence-corrected chi connectivity index (χ2v) is 7.00. The maximum absolute atomic E-state index is 12.2. The Morgan fingerprint density at radius 3 is 2.52 bits per heavy atom. The third-order valence-electron chi connectivity index (χ3n) is 5.16. The van der Waals surface area contributed by atoms with Crippen molar-refractivity contribution in [2.45, 2.75) is 70.2 Å².